The van der Waals surface area contributed by atoms with Gasteiger partial charge in [0.1, 0.15) is 18.0 Å². The molecular formula is C18H20FN3O2. The minimum absolute atomic E-state index is 0.0373. The average Bonchev–Trinajstić information content (AvgIpc) is 2.98. The van der Waals surface area contributed by atoms with Gasteiger partial charge in [-0.2, -0.15) is 0 Å². The Hall–Kier alpha value is -2.37. The molecule has 2 heterocycles. The molecule has 0 saturated heterocycles. The van der Waals surface area contributed by atoms with Crippen molar-refractivity contribution in [3.8, 4) is 5.88 Å². The SMILES string of the molecule is CC1(F)CC1CN1CCn2nc(OCc3ccccc3)cc2C1=O. The second-order valence-corrected chi connectivity index (χ2v) is 6.80. The van der Waals surface area contributed by atoms with Crippen LogP contribution in [0.5, 0.6) is 5.88 Å². The summed E-state index contributed by atoms with van der Waals surface area (Å²) < 4.78 is 21.1. The van der Waals surface area contributed by atoms with Crippen LogP contribution >= 0.6 is 0 Å². The van der Waals surface area contributed by atoms with Crippen molar-refractivity contribution in [1.82, 2.24) is 14.7 Å². The monoisotopic (exact) mass is 329 g/mol. The number of benzene rings is 1. The van der Waals surface area contributed by atoms with Crippen LogP contribution in [0.25, 0.3) is 0 Å². The van der Waals surface area contributed by atoms with Gasteiger partial charge in [0.05, 0.1) is 6.54 Å². The Labute approximate surface area is 140 Å². The number of ether oxygens (including phenoxy) is 1. The van der Waals surface area contributed by atoms with Gasteiger partial charge in [-0.3, -0.25) is 9.48 Å². The molecule has 2 aromatic rings. The van der Waals surface area contributed by atoms with Crippen LogP contribution in [0.2, 0.25) is 0 Å². The number of halogens is 1. The van der Waals surface area contributed by atoms with Gasteiger partial charge in [-0.05, 0) is 18.9 Å². The van der Waals surface area contributed by atoms with Crippen molar-refractivity contribution in [3.05, 3.63) is 47.7 Å². The van der Waals surface area contributed by atoms with E-state index < -0.39 is 5.67 Å². The minimum atomic E-state index is -1.11. The molecule has 2 aliphatic rings. The first-order chi connectivity index (χ1) is 11.5. The van der Waals surface area contributed by atoms with Crippen molar-refractivity contribution in [2.24, 2.45) is 5.92 Å². The number of aromatic nitrogens is 2. The third-order valence-electron chi connectivity index (χ3n) is 4.85. The maximum atomic E-state index is 13.7. The van der Waals surface area contributed by atoms with Crippen LogP contribution in [0.4, 0.5) is 4.39 Å². The van der Waals surface area contributed by atoms with Gasteiger partial charge in [-0.25, -0.2) is 4.39 Å². The fraction of sp³-hybridized carbons (Fsp3) is 0.444. The highest BCUT2D eigenvalue weighted by Gasteiger charge is 2.52. The Morgan fingerprint density at radius 1 is 1.33 bits per heavy atom. The van der Waals surface area contributed by atoms with Crippen molar-refractivity contribution in [2.75, 3.05) is 13.1 Å². The van der Waals surface area contributed by atoms with E-state index in [2.05, 4.69) is 5.10 Å². The topological polar surface area (TPSA) is 47.4 Å². The smallest absolute Gasteiger partial charge is 0.272 e. The highest BCUT2D eigenvalue weighted by molar-refractivity contribution is 5.93. The standard InChI is InChI=1S/C18H20FN3O2/c1-18(19)10-14(18)11-21-7-8-22-15(17(21)23)9-16(20-22)24-12-13-5-3-2-4-6-13/h2-6,9,14H,7-8,10-12H2,1H3. The summed E-state index contributed by atoms with van der Waals surface area (Å²) in [4.78, 5) is 14.3. The summed E-state index contributed by atoms with van der Waals surface area (Å²) >= 11 is 0. The molecule has 0 N–H and O–H groups in total. The van der Waals surface area contributed by atoms with Crippen LogP contribution in [0.15, 0.2) is 36.4 Å². The number of fused-ring (bicyclic) bond motifs is 1. The predicted octanol–water partition coefficient (Wildman–Crippen LogP) is 2.67. The Balaban J connectivity index is 1.42. The normalized spacial score (nSPS) is 25.5. The highest BCUT2D eigenvalue weighted by Crippen LogP contribution is 2.47. The first-order valence-electron chi connectivity index (χ1n) is 8.26. The Morgan fingerprint density at radius 2 is 2.08 bits per heavy atom. The maximum Gasteiger partial charge on any atom is 0.272 e. The Morgan fingerprint density at radius 3 is 2.79 bits per heavy atom. The zero-order valence-electron chi connectivity index (χ0n) is 13.6. The number of nitrogens with zero attached hydrogens (tertiary/aromatic N) is 3. The molecule has 1 aromatic carbocycles. The number of hydrogen-bond donors (Lipinski definition) is 0. The Bertz CT molecular complexity index is 757. The molecule has 1 saturated carbocycles. The second-order valence-electron chi connectivity index (χ2n) is 6.80. The third kappa shape index (κ3) is 2.88. The van der Waals surface area contributed by atoms with Crippen LogP contribution in [0.3, 0.4) is 0 Å². The fourth-order valence-corrected chi connectivity index (χ4v) is 3.13. The number of hydrogen-bond acceptors (Lipinski definition) is 3. The fourth-order valence-electron chi connectivity index (χ4n) is 3.13. The van der Waals surface area contributed by atoms with Crippen molar-refractivity contribution in [1.29, 1.82) is 0 Å². The van der Waals surface area contributed by atoms with Gasteiger partial charge in [0.25, 0.3) is 5.91 Å². The van der Waals surface area contributed by atoms with Crippen molar-refractivity contribution in [3.63, 3.8) is 0 Å². The van der Waals surface area contributed by atoms with Crippen molar-refractivity contribution < 1.29 is 13.9 Å². The summed E-state index contributed by atoms with van der Waals surface area (Å²) in [5.41, 5.74) is 0.458. The summed E-state index contributed by atoms with van der Waals surface area (Å²) in [6.07, 6.45) is 0.543. The highest BCUT2D eigenvalue weighted by atomic mass is 19.1. The number of amides is 1. The van der Waals surface area contributed by atoms with Crippen molar-refractivity contribution in [2.45, 2.75) is 32.2 Å². The molecule has 5 nitrogen and oxygen atoms in total. The molecule has 0 radical (unpaired) electrons. The lowest BCUT2D eigenvalue weighted by Gasteiger charge is -2.27. The summed E-state index contributed by atoms with van der Waals surface area (Å²) in [5, 5.41) is 4.35. The van der Waals surface area contributed by atoms with E-state index >= 15 is 0 Å². The molecule has 2 unspecified atom stereocenters. The first-order valence-corrected chi connectivity index (χ1v) is 8.26. The lowest BCUT2D eigenvalue weighted by Crippen LogP contribution is -2.41. The molecule has 126 valence electrons. The summed E-state index contributed by atoms with van der Waals surface area (Å²) in [5.74, 6) is 0.321. The van der Waals surface area contributed by atoms with E-state index in [4.69, 9.17) is 4.74 Å². The summed E-state index contributed by atoms with van der Waals surface area (Å²) in [6.45, 7) is 3.68. The van der Waals surface area contributed by atoms with Crippen LogP contribution < -0.4 is 4.74 Å². The molecule has 1 aliphatic heterocycles. The second kappa shape index (κ2) is 5.61. The van der Waals surface area contributed by atoms with E-state index in [1.807, 2.05) is 30.3 Å². The number of alkyl halides is 1. The van der Waals surface area contributed by atoms with E-state index in [1.165, 1.54) is 0 Å². The van der Waals surface area contributed by atoms with E-state index in [0.717, 1.165) is 5.56 Å². The molecular weight excluding hydrogens is 309 g/mol. The van der Waals surface area contributed by atoms with E-state index in [1.54, 1.807) is 22.6 Å². The number of rotatable bonds is 5. The van der Waals surface area contributed by atoms with Crippen LogP contribution in [0, 0.1) is 5.92 Å². The molecule has 0 spiro atoms. The van der Waals surface area contributed by atoms with Crippen LogP contribution in [-0.2, 0) is 13.2 Å². The van der Waals surface area contributed by atoms with Gasteiger partial charge in [0.15, 0.2) is 0 Å². The van der Waals surface area contributed by atoms with Gasteiger partial charge < -0.3 is 9.64 Å². The Kier molecular flexibility index (Phi) is 3.55. The largest absolute Gasteiger partial charge is 0.472 e. The van der Waals surface area contributed by atoms with Crippen LogP contribution in [0.1, 0.15) is 29.4 Å². The average molecular weight is 329 g/mol. The first kappa shape index (κ1) is 15.2. The zero-order chi connectivity index (χ0) is 16.7. The van der Waals surface area contributed by atoms with Gasteiger partial charge >= 0.3 is 0 Å². The van der Waals surface area contributed by atoms with Crippen molar-refractivity contribution >= 4 is 5.91 Å². The lowest BCUT2D eigenvalue weighted by atomic mass is 10.2. The molecule has 1 amide bonds. The number of carbonyl (C=O) groups is 1. The predicted molar refractivity (Wildman–Crippen MR) is 86.5 cm³/mol. The minimum Gasteiger partial charge on any atom is -0.472 e. The maximum absolute atomic E-state index is 13.7. The quantitative estimate of drug-likeness (QED) is 0.847. The van der Waals surface area contributed by atoms with Gasteiger partial charge in [-0.15, -0.1) is 5.10 Å². The van der Waals surface area contributed by atoms with Crippen LogP contribution in [-0.4, -0.2) is 39.3 Å². The van der Waals surface area contributed by atoms with Gasteiger partial charge in [0.2, 0.25) is 5.88 Å². The summed E-state index contributed by atoms with van der Waals surface area (Å²) in [6, 6.07) is 11.5. The molecule has 1 aromatic heterocycles. The molecule has 4 rings (SSSR count). The van der Waals surface area contributed by atoms with E-state index in [-0.39, 0.29) is 11.8 Å². The van der Waals surface area contributed by atoms with E-state index in [0.29, 0.717) is 44.2 Å². The zero-order valence-corrected chi connectivity index (χ0v) is 13.6. The molecule has 24 heavy (non-hydrogen) atoms. The third-order valence-corrected chi connectivity index (χ3v) is 4.85. The summed E-state index contributed by atoms with van der Waals surface area (Å²) in [7, 11) is 0. The number of carbonyl (C=O) groups excluding carboxylic acids is 1. The van der Waals surface area contributed by atoms with Gasteiger partial charge in [0, 0.05) is 25.1 Å². The lowest BCUT2D eigenvalue weighted by molar-refractivity contribution is 0.0678. The molecule has 2 atom stereocenters. The molecule has 6 heteroatoms. The molecule has 1 aliphatic carbocycles. The van der Waals surface area contributed by atoms with Gasteiger partial charge in [-0.1, -0.05) is 30.3 Å². The van der Waals surface area contributed by atoms with E-state index in [9.17, 15) is 9.18 Å². The molecule has 0 bridgehead atoms. The molecule has 1 fully saturated rings.